The van der Waals surface area contributed by atoms with Crippen LogP contribution < -0.4 is 0 Å². The Labute approximate surface area is 104 Å². The summed E-state index contributed by atoms with van der Waals surface area (Å²) in [7, 11) is 0. The van der Waals surface area contributed by atoms with Crippen molar-refractivity contribution in [2.45, 2.75) is 6.42 Å². The van der Waals surface area contributed by atoms with Crippen LogP contribution in [-0.4, -0.2) is 4.98 Å². The van der Waals surface area contributed by atoms with Gasteiger partial charge in [-0.1, -0.05) is 17.7 Å². The second-order valence-electron chi connectivity index (χ2n) is 3.22. The van der Waals surface area contributed by atoms with Gasteiger partial charge in [0.05, 0.1) is 5.69 Å². The Morgan fingerprint density at radius 2 is 2.29 bits per heavy atom. The second kappa shape index (κ2) is 3.18. The molecule has 1 heterocycles. The lowest BCUT2D eigenvalue weighted by atomic mass is 10.1. The summed E-state index contributed by atoms with van der Waals surface area (Å²) >= 11 is 10.0. The highest BCUT2D eigenvalue weighted by atomic mass is 127. The monoisotopic (exact) mass is 333 g/mol. The van der Waals surface area contributed by atoms with Gasteiger partial charge in [0.15, 0.2) is 3.01 Å². The van der Waals surface area contributed by atoms with Crippen molar-refractivity contribution in [1.29, 1.82) is 0 Å². The number of aromatic nitrogens is 1. The first-order valence-corrected chi connectivity index (χ1v) is 6.45. The van der Waals surface area contributed by atoms with Gasteiger partial charge in [0, 0.05) is 21.9 Å². The van der Waals surface area contributed by atoms with Crippen molar-refractivity contribution in [3.05, 3.63) is 36.7 Å². The molecule has 1 aromatic heterocycles. The summed E-state index contributed by atoms with van der Waals surface area (Å²) in [6.45, 7) is 0. The highest BCUT2D eigenvalue weighted by Gasteiger charge is 2.22. The maximum atomic E-state index is 5.97. The van der Waals surface area contributed by atoms with Gasteiger partial charge in [0.25, 0.3) is 0 Å². The van der Waals surface area contributed by atoms with Gasteiger partial charge in [-0.3, -0.25) is 0 Å². The molecule has 0 radical (unpaired) electrons. The smallest absolute Gasteiger partial charge is 0.154 e. The zero-order valence-electron chi connectivity index (χ0n) is 7.05. The van der Waals surface area contributed by atoms with Gasteiger partial charge in [-0.15, -0.1) is 11.3 Å². The van der Waals surface area contributed by atoms with E-state index in [4.69, 9.17) is 11.6 Å². The maximum absolute atomic E-state index is 5.97. The van der Waals surface area contributed by atoms with E-state index >= 15 is 0 Å². The van der Waals surface area contributed by atoms with E-state index in [0.29, 0.717) is 0 Å². The van der Waals surface area contributed by atoms with E-state index in [1.807, 2.05) is 12.1 Å². The first kappa shape index (κ1) is 9.12. The molecule has 0 atom stereocenters. The SMILES string of the molecule is Clc1ccc2c(c1)-c1nc(I)sc1C2. The molecule has 0 fully saturated rings. The van der Waals surface area contributed by atoms with Crippen LogP contribution in [-0.2, 0) is 6.42 Å². The number of thiazole rings is 1. The Morgan fingerprint density at radius 1 is 1.43 bits per heavy atom. The molecule has 0 saturated carbocycles. The molecular formula is C10H5ClINS. The molecule has 1 nitrogen and oxygen atoms in total. The fourth-order valence-corrected chi connectivity index (χ4v) is 3.78. The molecule has 0 amide bonds. The molecule has 0 N–H and O–H groups in total. The first-order chi connectivity index (χ1) is 6.74. The van der Waals surface area contributed by atoms with Gasteiger partial charge < -0.3 is 0 Å². The average Bonchev–Trinajstić information content (AvgIpc) is 2.62. The van der Waals surface area contributed by atoms with Crippen LogP contribution in [0.2, 0.25) is 5.02 Å². The normalized spacial score (nSPS) is 12.7. The molecule has 0 bridgehead atoms. The Balaban J connectivity index is 2.28. The van der Waals surface area contributed by atoms with E-state index in [9.17, 15) is 0 Å². The summed E-state index contributed by atoms with van der Waals surface area (Å²) in [6.07, 6.45) is 1.02. The number of halogens is 2. The van der Waals surface area contributed by atoms with Gasteiger partial charge in [0.2, 0.25) is 0 Å². The molecule has 1 aliphatic rings. The van der Waals surface area contributed by atoms with Crippen LogP contribution >= 0.6 is 45.5 Å². The predicted octanol–water partition coefficient (Wildman–Crippen LogP) is 3.97. The van der Waals surface area contributed by atoms with Crippen LogP contribution in [0.3, 0.4) is 0 Å². The molecule has 70 valence electrons. The highest BCUT2D eigenvalue weighted by Crippen LogP contribution is 2.40. The first-order valence-electron chi connectivity index (χ1n) is 4.18. The second-order valence-corrected chi connectivity index (χ2v) is 6.49. The van der Waals surface area contributed by atoms with Crippen molar-refractivity contribution in [2.75, 3.05) is 0 Å². The van der Waals surface area contributed by atoms with E-state index in [0.717, 1.165) is 20.2 Å². The lowest BCUT2D eigenvalue weighted by Gasteiger charge is -1.98. The van der Waals surface area contributed by atoms with Crippen LogP contribution in [0.15, 0.2) is 18.2 Å². The summed E-state index contributed by atoms with van der Waals surface area (Å²) in [5.74, 6) is 0. The summed E-state index contributed by atoms with van der Waals surface area (Å²) in [4.78, 5) is 5.89. The third-order valence-electron chi connectivity index (χ3n) is 2.35. The van der Waals surface area contributed by atoms with E-state index in [-0.39, 0.29) is 0 Å². The van der Waals surface area contributed by atoms with Crippen molar-refractivity contribution < 1.29 is 0 Å². The number of hydrogen-bond acceptors (Lipinski definition) is 2. The summed E-state index contributed by atoms with van der Waals surface area (Å²) in [5, 5.41) is 0.791. The van der Waals surface area contributed by atoms with Crippen molar-refractivity contribution in [2.24, 2.45) is 0 Å². The number of nitrogens with zero attached hydrogens (tertiary/aromatic N) is 1. The van der Waals surface area contributed by atoms with Crippen LogP contribution in [0, 0.1) is 3.01 Å². The Hall–Kier alpha value is -0.130. The minimum atomic E-state index is 0.791. The molecular weight excluding hydrogens is 329 g/mol. The van der Waals surface area contributed by atoms with Gasteiger partial charge in [0.1, 0.15) is 0 Å². The van der Waals surface area contributed by atoms with Crippen molar-refractivity contribution in [3.8, 4) is 11.3 Å². The molecule has 0 aliphatic heterocycles. The van der Waals surface area contributed by atoms with Crippen LogP contribution in [0.1, 0.15) is 10.4 Å². The molecule has 14 heavy (non-hydrogen) atoms. The number of benzene rings is 1. The van der Waals surface area contributed by atoms with Gasteiger partial charge in [-0.25, -0.2) is 4.98 Å². The van der Waals surface area contributed by atoms with E-state index in [2.05, 4.69) is 33.6 Å². The topological polar surface area (TPSA) is 12.9 Å². The van der Waals surface area contributed by atoms with Gasteiger partial charge in [-0.05, 0) is 40.3 Å². The van der Waals surface area contributed by atoms with E-state index in [1.165, 1.54) is 16.0 Å². The highest BCUT2D eigenvalue weighted by molar-refractivity contribution is 14.1. The Bertz CT molecular complexity index is 521. The third kappa shape index (κ3) is 1.30. The third-order valence-corrected chi connectivity index (χ3v) is 4.33. The van der Waals surface area contributed by atoms with E-state index < -0.39 is 0 Å². The van der Waals surface area contributed by atoms with Crippen molar-refractivity contribution in [1.82, 2.24) is 4.98 Å². The predicted molar refractivity (Wildman–Crippen MR) is 68.1 cm³/mol. The Kier molecular flexibility index (Phi) is 2.07. The lowest BCUT2D eigenvalue weighted by molar-refractivity contribution is 1.31. The molecule has 4 heteroatoms. The van der Waals surface area contributed by atoms with Crippen LogP contribution in [0.5, 0.6) is 0 Å². The quantitative estimate of drug-likeness (QED) is 0.567. The zero-order chi connectivity index (χ0) is 9.71. The Morgan fingerprint density at radius 3 is 3.14 bits per heavy atom. The van der Waals surface area contributed by atoms with Gasteiger partial charge >= 0.3 is 0 Å². The number of hydrogen-bond donors (Lipinski definition) is 0. The van der Waals surface area contributed by atoms with Crippen molar-refractivity contribution >= 4 is 45.5 Å². The molecule has 1 aromatic carbocycles. The standard InChI is InChI=1S/C10H5ClINS/c11-6-2-1-5-3-8-9(7(5)4-6)13-10(12)14-8/h1-2,4H,3H2. The maximum Gasteiger partial charge on any atom is 0.154 e. The molecule has 0 unspecified atom stereocenters. The molecule has 0 spiro atoms. The minimum Gasteiger partial charge on any atom is -0.230 e. The molecule has 1 aliphatic carbocycles. The van der Waals surface area contributed by atoms with Crippen LogP contribution in [0.4, 0.5) is 0 Å². The van der Waals surface area contributed by atoms with E-state index in [1.54, 1.807) is 11.3 Å². The average molecular weight is 334 g/mol. The largest absolute Gasteiger partial charge is 0.230 e. The molecule has 3 rings (SSSR count). The lowest BCUT2D eigenvalue weighted by Crippen LogP contribution is -1.80. The van der Waals surface area contributed by atoms with Crippen molar-refractivity contribution in [3.63, 3.8) is 0 Å². The minimum absolute atomic E-state index is 0.791. The summed E-state index contributed by atoms with van der Waals surface area (Å²) < 4.78 is 1.11. The summed E-state index contributed by atoms with van der Waals surface area (Å²) in [5.41, 5.74) is 3.70. The van der Waals surface area contributed by atoms with Crippen LogP contribution in [0.25, 0.3) is 11.3 Å². The fraction of sp³-hybridized carbons (Fsp3) is 0.100. The zero-order valence-corrected chi connectivity index (χ0v) is 10.8. The fourth-order valence-electron chi connectivity index (χ4n) is 1.75. The number of fused-ring (bicyclic) bond motifs is 3. The molecule has 2 aromatic rings. The summed E-state index contributed by atoms with van der Waals surface area (Å²) in [6, 6.07) is 6.05. The number of rotatable bonds is 0. The molecule has 0 saturated heterocycles. The van der Waals surface area contributed by atoms with Gasteiger partial charge in [-0.2, -0.15) is 0 Å².